The summed E-state index contributed by atoms with van der Waals surface area (Å²) in [6.07, 6.45) is 3.60. The third-order valence-corrected chi connectivity index (χ3v) is 3.80. The number of aliphatic hydroxyl groups excluding tert-OH is 1. The summed E-state index contributed by atoms with van der Waals surface area (Å²) in [4.78, 5) is 2.39. The van der Waals surface area contributed by atoms with E-state index >= 15 is 0 Å². The molecule has 1 aliphatic heterocycles. The third-order valence-electron chi connectivity index (χ3n) is 3.80. The molecule has 18 heavy (non-hydrogen) atoms. The zero-order chi connectivity index (χ0) is 13.0. The van der Waals surface area contributed by atoms with E-state index < -0.39 is 0 Å². The van der Waals surface area contributed by atoms with Gasteiger partial charge >= 0.3 is 0 Å². The van der Waals surface area contributed by atoms with Crippen molar-refractivity contribution in [3.63, 3.8) is 0 Å². The van der Waals surface area contributed by atoms with Crippen LogP contribution in [-0.4, -0.2) is 36.3 Å². The molecule has 100 valence electrons. The topological polar surface area (TPSA) is 32.7 Å². The first-order valence-electron chi connectivity index (χ1n) is 6.73. The van der Waals surface area contributed by atoms with E-state index in [1.165, 1.54) is 24.0 Å². The van der Waals surface area contributed by atoms with Gasteiger partial charge in [0.1, 0.15) is 5.75 Å². The van der Waals surface area contributed by atoms with Crippen LogP contribution in [0.4, 0.5) is 0 Å². The molecule has 0 aliphatic carbocycles. The van der Waals surface area contributed by atoms with Gasteiger partial charge in [0.15, 0.2) is 0 Å². The highest BCUT2D eigenvalue weighted by molar-refractivity contribution is 5.36. The summed E-state index contributed by atoms with van der Waals surface area (Å²) in [6.45, 7) is 4.36. The molecule has 0 bridgehead atoms. The Morgan fingerprint density at radius 1 is 1.39 bits per heavy atom. The van der Waals surface area contributed by atoms with Crippen LogP contribution in [-0.2, 0) is 6.54 Å². The number of hydrogen-bond donors (Lipinski definition) is 1. The Labute approximate surface area is 109 Å². The fraction of sp³-hybridized carbons (Fsp3) is 0.600. The van der Waals surface area contributed by atoms with E-state index in [0.717, 1.165) is 25.3 Å². The number of benzene rings is 1. The molecule has 0 radical (unpaired) electrons. The van der Waals surface area contributed by atoms with Gasteiger partial charge < -0.3 is 9.84 Å². The van der Waals surface area contributed by atoms with E-state index in [1.807, 2.05) is 6.07 Å². The van der Waals surface area contributed by atoms with Crippen molar-refractivity contribution in [3.05, 3.63) is 29.3 Å². The van der Waals surface area contributed by atoms with Crippen LogP contribution in [0.25, 0.3) is 0 Å². The minimum Gasteiger partial charge on any atom is -0.496 e. The first-order valence-corrected chi connectivity index (χ1v) is 6.73. The fourth-order valence-electron chi connectivity index (χ4n) is 2.75. The lowest BCUT2D eigenvalue weighted by Gasteiger charge is -2.34. The zero-order valence-electron chi connectivity index (χ0n) is 11.4. The summed E-state index contributed by atoms with van der Waals surface area (Å²) in [5.41, 5.74) is 2.47. The minimum atomic E-state index is 0.273. The molecule has 1 aromatic carbocycles. The summed E-state index contributed by atoms with van der Waals surface area (Å²) in [5.74, 6) is 0.941. The molecule has 2 rings (SSSR count). The number of rotatable bonds is 4. The summed E-state index contributed by atoms with van der Waals surface area (Å²) in [6, 6.07) is 6.67. The van der Waals surface area contributed by atoms with Crippen molar-refractivity contribution in [2.45, 2.75) is 38.8 Å². The van der Waals surface area contributed by atoms with Crippen LogP contribution >= 0.6 is 0 Å². The smallest absolute Gasteiger partial charge is 0.121 e. The number of piperidine rings is 1. The molecule has 0 amide bonds. The maximum Gasteiger partial charge on any atom is 0.121 e. The Kier molecular flexibility index (Phi) is 4.61. The van der Waals surface area contributed by atoms with E-state index in [9.17, 15) is 5.11 Å². The molecule has 1 N–H and O–H groups in total. The standard InChI is InChI=1S/C15H23NO2/c1-12-9-13(6-7-15(12)18-2)10-16-8-4-3-5-14(16)11-17/h6-7,9,14,17H,3-5,8,10-11H2,1-2H3. The van der Waals surface area contributed by atoms with Crippen molar-refractivity contribution in [1.29, 1.82) is 0 Å². The van der Waals surface area contributed by atoms with Crippen LogP contribution in [0.1, 0.15) is 30.4 Å². The highest BCUT2D eigenvalue weighted by atomic mass is 16.5. The second kappa shape index (κ2) is 6.21. The summed E-state index contributed by atoms with van der Waals surface area (Å²) < 4.78 is 5.28. The SMILES string of the molecule is COc1ccc(CN2CCCCC2CO)cc1C. The number of hydrogen-bond acceptors (Lipinski definition) is 3. The Morgan fingerprint density at radius 2 is 2.22 bits per heavy atom. The lowest BCUT2D eigenvalue weighted by atomic mass is 10.0. The van der Waals surface area contributed by atoms with E-state index in [4.69, 9.17) is 4.74 Å². The Bertz CT molecular complexity index is 392. The molecule has 0 saturated carbocycles. The van der Waals surface area contributed by atoms with Crippen molar-refractivity contribution in [2.24, 2.45) is 0 Å². The van der Waals surface area contributed by atoms with E-state index in [-0.39, 0.29) is 6.61 Å². The van der Waals surface area contributed by atoms with Gasteiger partial charge in [-0.05, 0) is 43.5 Å². The fourth-order valence-corrected chi connectivity index (χ4v) is 2.75. The van der Waals surface area contributed by atoms with Crippen molar-refractivity contribution < 1.29 is 9.84 Å². The van der Waals surface area contributed by atoms with Gasteiger partial charge in [-0.3, -0.25) is 4.90 Å². The molecule has 0 spiro atoms. The number of likely N-dealkylation sites (tertiary alicyclic amines) is 1. The largest absolute Gasteiger partial charge is 0.496 e. The molecule has 1 unspecified atom stereocenters. The van der Waals surface area contributed by atoms with Crippen LogP contribution in [0, 0.1) is 6.92 Å². The van der Waals surface area contributed by atoms with Gasteiger partial charge in [-0.2, -0.15) is 0 Å². The van der Waals surface area contributed by atoms with E-state index in [2.05, 4.69) is 24.0 Å². The summed E-state index contributed by atoms with van der Waals surface area (Å²) in [7, 11) is 1.70. The van der Waals surface area contributed by atoms with Gasteiger partial charge in [-0.25, -0.2) is 0 Å². The maximum absolute atomic E-state index is 9.41. The first-order chi connectivity index (χ1) is 8.74. The number of aryl methyl sites for hydroxylation is 1. The predicted molar refractivity (Wildman–Crippen MR) is 72.9 cm³/mol. The lowest BCUT2D eigenvalue weighted by molar-refractivity contribution is 0.0841. The number of nitrogens with zero attached hydrogens (tertiary/aromatic N) is 1. The van der Waals surface area contributed by atoms with E-state index in [1.54, 1.807) is 7.11 Å². The maximum atomic E-state index is 9.41. The van der Waals surface area contributed by atoms with Gasteiger partial charge in [0.05, 0.1) is 13.7 Å². The molecular weight excluding hydrogens is 226 g/mol. The van der Waals surface area contributed by atoms with Crippen molar-refractivity contribution in [2.75, 3.05) is 20.3 Å². The monoisotopic (exact) mass is 249 g/mol. The Hall–Kier alpha value is -1.06. The van der Waals surface area contributed by atoms with Crippen molar-refractivity contribution in [3.8, 4) is 5.75 Å². The van der Waals surface area contributed by atoms with Gasteiger partial charge in [0.25, 0.3) is 0 Å². The molecule has 3 nitrogen and oxygen atoms in total. The summed E-state index contributed by atoms with van der Waals surface area (Å²) in [5, 5.41) is 9.41. The lowest BCUT2D eigenvalue weighted by Crippen LogP contribution is -2.41. The van der Waals surface area contributed by atoms with Crippen LogP contribution in [0.3, 0.4) is 0 Å². The third kappa shape index (κ3) is 3.03. The van der Waals surface area contributed by atoms with Crippen molar-refractivity contribution in [1.82, 2.24) is 4.90 Å². The second-order valence-corrected chi connectivity index (χ2v) is 5.11. The Balaban J connectivity index is 2.05. The number of ether oxygens (including phenoxy) is 1. The average Bonchev–Trinajstić information content (AvgIpc) is 2.39. The molecule has 1 aliphatic rings. The van der Waals surface area contributed by atoms with Crippen LogP contribution < -0.4 is 4.74 Å². The molecule has 1 heterocycles. The van der Waals surface area contributed by atoms with Crippen LogP contribution in [0.2, 0.25) is 0 Å². The van der Waals surface area contributed by atoms with Crippen molar-refractivity contribution >= 4 is 0 Å². The number of methoxy groups -OCH3 is 1. The molecule has 1 fully saturated rings. The molecule has 3 heteroatoms. The quantitative estimate of drug-likeness (QED) is 0.889. The molecule has 0 aromatic heterocycles. The van der Waals surface area contributed by atoms with Gasteiger partial charge in [-0.1, -0.05) is 18.6 Å². The minimum absolute atomic E-state index is 0.273. The molecule has 1 saturated heterocycles. The molecular formula is C15H23NO2. The van der Waals surface area contributed by atoms with Crippen LogP contribution in [0.15, 0.2) is 18.2 Å². The molecule has 1 atom stereocenters. The zero-order valence-corrected chi connectivity index (χ0v) is 11.4. The normalized spacial score (nSPS) is 20.9. The highest BCUT2D eigenvalue weighted by Gasteiger charge is 2.21. The van der Waals surface area contributed by atoms with Crippen LogP contribution in [0.5, 0.6) is 5.75 Å². The summed E-state index contributed by atoms with van der Waals surface area (Å²) >= 11 is 0. The van der Waals surface area contributed by atoms with E-state index in [0.29, 0.717) is 6.04 Å². The van der Waals surface area contributed by atoms with Gasteiger partial charge in [-0.15, -0.1) is 0 Å². The second-order valence-electron chi connectivity index (χ2n) is 5.11. The average molecular weight is 249 g/mol. The number of aliphatic hydroxyl groups is 1. The van der Waals surface area contributed by atoms with Gasteiger partial charge in [0, 0.05) is 12.6 Å². The predicted octanol–water partition coefficient (Wildman–Crippen LogP) is 2.35. The van der Waals surface area contributed by atoms with Gasteiger partial charge in [0.2, 0.25) is 0 Å². The molecule has 1 aromatic rings. The highest BCUT2D eigenvalue weighted by Crippen LogP contribution is 2.22. The first kappa shape index (κ1) is 13.4. The Morgan fingerprint density at radius 3 is 2.89 bits per heavy atom.